The number of methoxy groups -OCH3 is 2. The molecule has 4 aromatic rings. The van der Waals surface area contributed by atoms with Gasteiger partial charge in [0.15, 0.2) is 16.6 Å². The second-order valence-corrected chi connectivity index (χ2v) is 9.73. The van der Waals surface area contributed by atoms with Crippen LogP contribution in [-0.4, -0.2) is 36.3 Å². The molecule has 9 heteroatoms. The van der Waals surface area contributed by atoms with Gasteiger partial charge < -0.3 is 20.1 Å². The van der Waals surface area contributed by atoms with E-state index in [1.54, 1.807) is 31.4 Å². The summed E-state index contributed by atoms with van der Waals surface area (Å²) in [6, 6.07) is 20.1. The lowest BCUT2D eigenvalue weighted by atomic mass is 10.2. The van der Waals surface area contributed by atoms with Crippen LogP contribution in [-0.2, 0) is 4.79 Å². The number of thiazole rings is 1. The highest BCUT2D eigenvalue weighted by Crippen LogP contribution is 2.30. The minimum atomic E-state index is -0.358. The summed E-state index contributed by atoms with van der Waals surface area (Å²) in [6.45, 7) is 1.84. The largest absolute Gasteiger partial charge is 0.493 e. The highest BCUT2D eigenvalue weighted by atomic mass is 32.2. The highest BCUT2D eigenvalue weighted by Gasteiger charge is 2.17. The van der Waals surface area contributed by atoms with Crippen LogP contribution < -0.4 is 20.1 Å². The number of rotatable bonds is 8. The van der Waals surface area contributed by atoms with Crippen molar-refractivity contribution in [3.8, 4) is 11.5 Å². The van der Waals surface area contributed by atoms with E-state index >= 15 is 0 Å². The van der Waals surface area contributed by atoms with Crippen molar-refractivity contribution in [1.29, 1.82) is 0 Å². The number of hydrogen-bond acceptors (Lipinski definition) is 7. The number of hydrogen-bond donors (Lipinski definition) is 2. The minimum absolute atomic E-state index is 0.135. The van der Waals surface area contributed by atoms with E-state index < -0.39 is 0 Å². The Morgan fingerprint density at radius 2 is 1.74 bits per heavy atom. The third-order valence-electron chi connectivity index (χ3n) is 4.94. The molecule has 1 heterocycles. The van der Waals surface area contributed by atoms with Gasteiger partial charge in [-0.05, 0) is 55.5 Å². The normalized spacial score (nSPS) is 11.6. The lowest BCUT2D eigenvalue weighted by Gasteiger charge is -2.12. The smallest absolute Gasteiger partial charge is 0.255 e. The van der Waals surface area contributed by atoms with E-state index in [0.29, 0.717) is 27.9 Å². The predicted molar refractivity (Wildman–Crippen MR) is 138 cm³/mol. The number of aromatic nitrogens is 1. The van der Waals surface area contributed by atoms with Crippen LogP contribution in [0, 0.1) is 0 Å². The molecule has 0 radical (unpaired) electrons. The Balaban J connectivity index is 1.39. The Morgan fingerprint density at radius 3 is 2.50 bits per heavy atom. The molecule has 1 atom stereocenters. The topological polar surface area (TPSA) is 89.5 Å². The number of ether oxygens (including phenoxy) is 2. The van der Waals surface area contributed by atoms with E-state index in [1.807, 2.05) is 49.4 Å². The Kier molecular flexibility index (Phi) is 7.34. The zero-order valence-electron chi connectivity index (χ0n) is 18.8. The van der Waals surface area contributed by atoms with E-state index in [2.05, 4.69) is 15.6 Å². The fourth-order valence-electron chi connectivity index (χ4n) is 3.22. The summed E-state index contributed by atoms with van der Waals surface area (Å²) in [5.41, 5.74) is 1.93. The van der Waals surface area contributed by atoms with Crippen molar-refractivity contribution < 1.29 is 19.1 Å². The van der Waals surface area contributed by atoms with E-state index in [0.717, 1.165) is 15.1 Å². The Bertz CT molecular complexity index is 1310. The van der Waals surface area contributed by atoms with Crippen LogP contribution in [0.2, 0.25) is 0 Å². The van der Waals surface area contributed by atoms with Crippen molar-refractivity contribution in [2.24, 2.45) is 0 Å². The quantitative estimate of drug-likeness (QED) is 0.307. The second-order valence-electron chi connectivity index (χ2n) is 7.29. The minimum Gasteiger partial charge on any atom is -0.493 e. The van der Waals surface area contributed by atoms with Gasteiger partial charge in [-0.2, -0.15) is 0 Å². The van der Waals surface area contributed by atoms with Crippen LogP contribution in [0.1, 0.15) is 17.3 Å². The molecule has 0 spiro atoms. The fraction of sp³-hybridized carbons (Fsp3) is 0.160. The van der Waals surface area contributed by atoms with Crippen molar-refractivity contribution in [2.75, 3.05) is 24.9 Å². The molecule has 3 aromatic carbocycles. The number of nitrogens with zero attached hydrogens (tertiary/aromatic N) is 1. The first-order valence-corrected chi connectivity index (χ1v) is 12.1. The molecule has 0 aliphatic rings. The molecule has 1 aromatic heterocycles. The average molecular weight is 494 g/mol. The van der Waals surface area contributed by atoms with E-state index in [4.69, 9.17) is 9.47 Å². The molecule has 0 saturated heterocycles. The molecule has 4 rings (SSSR count). The van der Waals surface area contributed by atoms with Gasteiger partial charge in [0.25, 0.3) is 5.91 Å². The van der Waals surface area contributed by atoms with Crippen LogP contribution >= 0.6 is 23.1 Å². The monoisotopic (exact) mass is 493 g/mol. The zero-order chi connectivity index (χ0) is 24.1. The van der Waals surface area contributed by atoms with Gasteiger partial charge in [-0.15, -0.1) is 11.8 Å². The first-order valence-electron chi connectivity index (χ1n) is 10.4. The van der Waals surface area contributed by atoms with Crippen LogP contribution in [0.3, 0.4) is 0 Å². The molecule has 7 nitrogen and oxygen atoms in total. The predicted octanol–water partition coefficient (Wildman–Crippen LogP) is 5.69. The molecule has 2 amide bonds. The maximum absolute atomic E-state index is 12.7. The number of amides is 2. The average Bonchev–Trinajstić information content (AvgIpc) is 3.26. The number of benzene rings is 3. The Labute approximate surface area is 205 Å². The molecule has 1 unspecified atom stereocenters. The Morgan fingerprint density at radius 1 is 0.941 bits per heavy atom. The van der Waals surface area contributed by atoms with E-state index in [9.17, 15) is 9.59 Å². The lowest BCUT2D eigenvalue weighted by molar-refractivity contribution is -0.115. The molecule has 0 bridgehead atoms. The molecule has 0 aliphatic carbocycles. The SMILES string of the molecule is COc1ccc(C(=O)Nc2cccc(SC(C)C(=O)Nc3nc4ccccc4s3)c2)cc1OC. The highest BCUT2D eigenvalue weighted by molar-refractivity contribution is 8.00. The lowest BCUT2D eigenvalue weighted by Crippen LogP contribution is -2.22. The maximum atomic E-state index is 12.7. The number of carbonyl (C=O) groups excluding carboxylic acids is 2. The van der Waals surface area contributed by atoms with Crippen molar-refractivity contribution in [1.82, 2.24) is 4.98 Å². The third kappa shape index (κ3) is 5.49. The molecule has 0 saturated carbocycles. The second kappa shape index (κ2) is 10.6. The van der Waals surface area contributed by atoms with Crippen molar-refractivity contribution in [3.05, 3.63) is 72.3 Å². The standard InChI is InChI=1S/C25H23N3O4S2/c1-15(23(29)28-25-27-19-9-4-5-10-22(19)34-25)33-18-8-6-7-17(14-18)26-24(30)16-11-12-20(31-2)21(13-16)32-3/h4-15H,1-3H3,(H,26,30)(H,27,28,29). The summed E-state index contributed by atoms with van der Waals surface area (Å²) in [7, 11) is 3.06. The number of anilines is 2. The van der Waals surface area contributed by atoms with E-state index in [-0.39, 0.29) is 17.1 Å². The number of nitrogens with one attached hydrogen (secondary N) is 2. The number of para-hydroxylation sites is 1. The van der Waals surface area contributed by atoms with Gasteiger partial charge in [-0.25, -0.2) is 4.98 Å². The van der Waals surface area contributed by atoms with Gasteiger partial charge in [-0.3, -0.25) is 9.59 Å². The first kappa shape index (κ1) is 23.6. The van der Waals surface area contributed by atoms with Gasteiger partial charge in [0.05, 0.1) is 29.7 Å². The number of fused-ring (bicyclic) bond motifs is 1. The molecule has 0 fully saturated rings. The van der Waals surface area contributed by atoms with Gasteiger partial charge >= 0.3 is 0 Å². The fourth-order valence-corrected chi connectivity index (χ4v) is 5.01. The number of thioether (sulfide) groups is 1. The molecule has 174 valence electrons. The van der Waals surface area contributed by atoms with Gasteiger partial charge in [0, 0.05) is 16.1 Å². The summed E-state index contributed by atoms with van der Waals surface area (Å²) in [5, 5.41) is 6.00. The number of carbonyl (C=O) groups is 2. The van der Waals surface area contributed by atoms with Gasteiger partial charge in [-0.1, -0.05) is 29.5 Å². The first-order chi connectivity index (χ1) is 16.5. The van der Waals surface area contributed by atoms with Crippen molar-refractivity contribution in [3.63, 3.8) is 0 Å². The molecule has 34 heavy (non-hydrogen) atoms. The summed E-state index contributed by atoms with van der Waals surface area (Å²) < 4.78 is 11.5. The zero-order valence-corrected chi connectivity index (χ0v) is 20.5. The summed E-state index contributed by atoms with van der Waals surface area (Å²) in [6.07, 6.45) is 0. The summed E-state index contributed by atoms with van der Waals surface area (Å²) in [5.74, 6) is 0.622. The van der Waals surface area contributed by atoms with Gasteiger partial charge in [0.1, 0.15) is 0 Å². The molecule has 0 aliphatic heterocycles. The summed E-state index contributed by atoms with van der Waals surface area (Å²) in [4.78, 5) is 30.7. The van der Waals surface area contributed by atoms with Crippen molar-refractivity contribution in [2.45, 2.75) is 17.1 Å². The maximum Gasteiger partial charge on any atom is 0.255 e. The van der Waals surface area contributed by atoms with Crippen molar-refractivity contribution >= 4 is 55.9 Å². The van der Waals surface area contributed by atoms with E-state index in [1.165, 1.54) is 30.2 Å². The van der Waals surface area contributed by atoms with Crippen LogP contribution in [0.15, 0.2) is 71.6 Å². The van der Waals surface area contributed by atoms with Crippen LogP contribution in [0.5, 0.6) is 11.5 Å². The molecular formula is C25H23N3O4S2. The molecular weight excluding hydrogens is 470 g/mol. The van der Waals surface area contributed by atoms with Crippen LogP contribution in [0.4, 0.5) is 10.8 Å². The van der Waals surface area contributed by atoms with Gasteiger partial charge in [0.2, 0.25) is 5.91 Å². The molecule has 2 N–H and O–H groups in total. The Hall–Kier alpha value is -3.56. The van der Waals surface area contributed by atoms with Crippen LogP contribution in [0.25, 0.3) is 10.2 Å². The summed E-state index contributed by atoms with van der Waals surface area (Å²) >= 11 is 2.85. The third-order valence-corrected chi connectivity index (χ3v) is 6.99.